The van der Waals surface area contributed by atoms with Gasteiger partial charge in [-0.05, 0) is 43.2 Å². The molecule has 1 fully saturated rings. The van der Waals surface area contributed by atoms with Crippen molar-refractivity contribution in [3.63, 3.8) is 0 Å². The molecule has 0 unspecified atom stereocenters. The molecule has 1 aliphatic rings. The highest BCUT2D eigenvalue weighted by atomic mass is 32.2. The van der Waals surface area contributed by atoms with E-state index in [0.717, 1.165) is 4.31 Å². The zero-order valence-corrected chi connectivity index (χ0v) is 23.2. The molecule has 0 bridgehead atoms. The number of carbonyl (C=O) groups is 2. The Morgan fingerprint density at radius 3 is 2.42 bits per heavy atom. The van der Waals surface area contributed by atoms with Crippen molar-refractivity contribution < 1.29 is 27.9 Å². The summed E-state index contributed by atoms with van der Waals surface area (Å²) in [4.78, 5) is 25.7. The van der Waals surface area contributed by atoms with Crippen molar-refractivity contribution in [2.45, 2.75) is 32.8 Å². The van der Waals surface area contributed by atoms with Crippen LogP contribution in [0.1, 0.15) is 46.8 Å². The summed E-state index contributed by atoms with van der Waals surface area (Å²) < 4.78 is 33.3. The summed E-state index contributed by atoms with van der Waals surface area (Å²) >= 11 is 0. The van der Waals surface area contributed by atoms with E-state index in [1.54, 1.807) is 44.2 Å². The first-order valence-electron chi connectivity index (χ1n) is 12.5. The summed E-state index contributed by atoms with van der Waals surface area (Å²) in [5.74, 6) is -2.94. The number of carboxylic acid groups (broad SMARTS) is 1. The number of carbonyl (C=O) groups excluding carboxylic acids is 1. The number of aliphatic carboxylic acids is 1. The van der Waals surface area contributed by atoms with Gasteiger partial charge in [-0.25, -0.2) is 8.42 Å². The van der Waals surface area contributed by atoms with E-state index < -0.39 is 27.7 Å². The lowest BCUT2D eigenvalue weighted by atomic mass is 10.1. The molecular formula is C27H34N6O6S. The van der Waals surface area contributed by atoms with Gasteiger partial charge in [-0.1, -0.05) is 30.4 Å². The van der Waals surface area contributed by atoms with E-state index in [2.05, 4.69) is 0 Å². The number of anilines is 1. The first kappa shape index (κ1) is 30.2. The van der Waals surface area contributed by atoms with E-state index in [4.69, 9.17) is 27.0 Å². The summed E-state index contributed by atoms with van der Waals surface area (Å²) in [6.07, 6.45) is 4.19. The minimum atomic E-state index is -4.36. The molecule has 0 aromatic heterocycles. The van der Waals surface area contributed by atoms with Gasteiger partial charge in [0.25, 0.3) is 5.91 Å². The van der Waals surface area contributed by atoms with Crippen molar-refractivity contribution in [1.82, 2.24) is 4.90 Å². The summed E-state index contributed by atoms with van der Waals surface area (Å²) in [5.41, 5.74) is 12.8. The summed E-state index contributed by atoms with van der Waals surface area (Å²) in [6.45, 7) is 4.38. The monoisotopic (exact) mass is 570 g/mol. The summed E-state index contributed by atoms with van der Waals surface area (Å²) in [5, 5.41) is 24.6. The van der Waals surface area contributed by atoms with Crippen LogP contribution in [-0.2, 0) is 14.8 Å². The molecule has 1 saturated heterocycles. The van der Waals surface area contributed by atoms with E-state index >= 15 is 0 Å². The number of primary amides is 1. The highest BCUT2D eigenvalue weighted by Crippen LogP contribution is 2.33. The molecule has 214 valence electrons. The Hall–Kier alpha value is -4.39. The SMILES string of the molecule is CC(=N)N1CCC(Oc2cc(C)c(N(C/C=C/c3cccc(C(=N)N)c3)S(=O)(=O)CC(=O)O)cc2C(N)=O)CC1. The van der Waals surface area contributed by atoms with E-state index in [0.29, 0.717) is 48.5 Å². The van der Waals surface area contributed by atoms with Crippen LogP contribution in [0, 0.1) is 17.7 Å². The third kappa shape index (κ3) is 7.59. The molecule has 0 atom stereocenters. The number of hydrogen-bond donors (Lipinski definition) is 5. The maximum absolute atomic E-state index is 13.1. The Bertz CT molecular complexity index is 1450. The number of benzene rings is 2. The van der Waals surface area contributed by atoms with Crippen LogP contribution in [0.3, 0.4) is 0 Å². The Kier molecular flexibility index (Phi) is 9.53. The minimum absolute atomic E-state index is 0.0278. The predicted molar refractivity (Wildman–Crippen MR) is 154 cm³/mol. The van der Waals surface area contributed by atoms with Crippen LogP contribution in [-0.4, -0.2) is 73.5 Å². The fraction of sp³-hybridized carbons (Fsp3) is 0.333. The number of aryl methyl sites for hydroxylation is 1. The lowest BCUT2D eigenvalue weighted by Gasteiger charge is -2.33. The van der Waals surface area contributed by atoms with Crippen molar-refractivity contribution in [2.75, 3.05) is 29.7 Å². The average molecular weight is 571 g/mol. The quantitative estimate of drug-likeness (QED) is 0.199. The molecule has 2 aromatic carbocycles. The predicted octanol–water partition coefficient (Wildman–Crippen LogP) is 2.15. The second-order valence-electron chi connectivity index (χ2n) is 9.51. The third-order valence-corrected chi connectivity index (χ3v) is 8.09. The Morgan fingerprint density at radius 2 is 1.85 bits per heavy atom. The van der Waals surface area contributed by atoms with E-state index in [1.165, 1.54) is 18.2 Å². The number of hydrogen-bond acceptors (Lipinski definition) is 7. The van der Waals surface area contributed by atoms with Crippen molar-refractivity contribution in [3.05, 3.63) is 64.7 Å². The molecule has 0 radical (unpaired) electrons. The van der Waals surface area contributed by atoms with Crippen LogP contribution in [0.15, 0.2) is 42.5 Å². The normalized spacial score (nSPS) is 14.2. The third-order valence-electron chi connectivity index (χ3n) is 6.46. The molecular weight excluding hydrogens is 536 g/mol. The van der Waals surface area contributed by atoms with Gasteiger partial charge in [0, 0.05) is 31.5 Å². The fourth-order valence-electron chi connectivity index (χ4n) is 4.41. The van der Waals surface area contributed by atoms with Gasteiger partial charge >= 0.3 is 5.97 Å². The highest BCUT2D eigenvalue weighted by Gasteiger charge is 2.29. The van der Waals surface area contributed by atoms with Crippen molar-refractivity contribution >= 4 is 45.3 Å². The summed E-state index contributed by atoms with van der Waals surface area (Å²) in [6, 6.07) is 9.62. The maximum Gasteiger partial charge on any atom is 0.320 e. The van der Waals surface area contributed by atoms with E-state index in [-0.39, 0.29) is 35.5 Å². The lowest BCUT2D eigenvalue weighted by molar-refractivity contribution is -0.134. The molecule has 40 heavy (non-hydrogen) atoms. The topological polar surface area (TPSA) is 204 Å². The number of amidine groups is 2. The van der Waals surface area contributed by atoms with Gasteiger partial charge in [0.1, 0.15) is 17.7 Å². The number of carboxylic acids is 1. The lowest BCUT2D eigenvalue weighted by Crippen LogP contribution is -2.40. The summed E-state index contributed by atoms with van der Waals surface area (Å²) in [7, 11) is -4.36. The second kappa shape index (κ2) is 12.6. The van der Waals surface area contributed by atoms with Gasteiger partial charge in [0.2, 0.25) is 10.0 Å². The van der Waals surface area contributed by atoms with Crippen LogP contribution in [0.2, 0.25) is 0 Å². The number of nitrogens with one attached hydrogen (secondary N) is 2. The van der Waals surface area contributed by atoms with Crippen LogP contribution >= 0.6 is 0 Å². The molecule has 2 aromatic rings. The van der Waals surface area contributed by atoms with Crippen LogP contribution in [0.4, 0.5) is 5.69 Å². The number of rotatable bonds is 11. The molecule has 1 heterocycles. The maximum atomic E-state index is 13.1. The van der Waals surface area contributed by atoms with Gasteiger partial charge in [0.15, 0.2) is 5.75 Å². The standard InChI is InChI=1S/C27H34N6O6S/c1-17-13-24(39-21-8-11-32(12-9-21)18(2)28)22(27(31)36)15-23(17)33(40(37,38)16-25(34)35)10-4-6-19-5-3-7-20(14-19)26(29)30/h3-7,13-15,21,28H,8-12,16H2,1-2H3,(H3,29,30)(H2,31,36)(H,34,35)/b6-4+,28-18?. The molecule has 1 amide bonds. The van der Waals surface area contributed by atoms with Crippen LogP contribution < -0.4 is 20.5 Å². The van der Waals surface area contributed by atoms with E-state index in [9.17, 15) is 23.1 Å². The number of nitrogen functional groups attached to an aromatic ring is 1. The number of sulfonamides is 1. The highest BCUT2D eigenvalue weighted by molar-refractivity contribution is 7.93. The zero-order chi connectivity index (χ0) is 29.6. The van der Waals surface area contributed by atoms with Crippen molar-refractivity contribution in [2.24, 2.45) is 11.5 Å². The fourth-order valence-corrected chi connectivity index (χ4v) is 5.68. The van der Waals surface area contributed by atoms with Crippen molar-refractivity contribution in [3.8, 4) is 5.75 Å². The number of likely N-dealkylation sites (tertiary alicyclic amines) is 1. The number of amides is 1. The molecule has 1 aliphatic heterocycles. The first-order valence-corrected chi connectivity index (χ1v) is 14.1. The number of nitrogens with two attached hydrogens (primary N) is 2. The minimum Gasteiger partial charge on any atom is -0.489 e. The largest absolute Gasteiger partial charge is 0.489 e. The molecule has 0 spiro atoms. The van der Waals surface area contributed by atoms with Gasteiger partial charge in [0.05, 0.1) is 23.6 Å². The van der Waals surface area contributed by atoms with Gasteiger partial charge in [-0.15, -0.1) is 0 Å². The van der Waals surface area contributed by atoms with Gasteiger partial charge in [-0.2, -0.15) is 0 Å². The molecule has 12 nitrogen and oxygen atoms in total. The Balaban J connectivity index is 1.95. The first-order chi connectivity index (χ1) is 18.8. The molecule has 0 aliphatic carbocycles. The molecule has 3 rings (SSSR count). The molecule has 0 saturated carbocycles. The molecule has 13 heteroatoms. The smallest absolute Gasteiger partial charge is 0.320 e. The van der Waals surface area contributed by atoms with Crippen LogP contribution in [0.5, 0.6) is 5.75 Å². The van der Waals surface area contributed by atoms with Gasteiger partial charge < -0.3 is 26.2 Å². The Labute approximate surface area is 233 Å². The average Bonchev–Trinajstić information content (AvgIpc) is 2.86. The van der Waals surface area contributed by atoms with E-state index in [1.807, 2.05) is 4.90 Å². The Morgan fingerprint density at radius 1 is 1.18 bits per heavy atom. The number of ether oxygens (including phenoxy) is 1. The molecule has 7 N–H and O–H groups in total. The van der Waals surface area contributed by atoms with Gasteiger partial charge in [-0.3, -0.25) is 24.7 Å². The van der Waals surface area contributed by atoms with Crippen LogP contribution in [0.25, 0.3) is 6.08 Å². The number of piperidine rings is 1. The van der Waals surface area contributed by atoms with Crippen molar-refractivity contribution in [1.29, 1.82) is 10.8 Å². The zero-order valence-electron chi connectivity index (χ0n) is 22.4. The second-order valence-corrected chi connectivity index (χ2v) is 11.4. The number of nitrogens with zero attached hydrogens (tertiary/aromatic N) is 2.